The van der Waals surface area contributed by atoms with Gasteiger partial charge in [0.15, 0.2) is 5.82 Å². The first-order valence-electron chi connectivity index (χ1n) is 15.8. The molecule has 12 nitrogen and oxygen atoms in total. The first-order chi connectivity index (χ1) is 21.6. The van der Waals surface area contributed by atoms with Crippen LogP contribution in [0.2, 0.25) is 0 Å². The smallest absolute Gasteiger partial charge is 0.222 e. The molecule has 1 atom stereocenters. The second-order valence-electron chi connectivity index (χ2n) is 12.2. The number of anilines is 2. The van der Waals surface area contributed by atoms with Crippen LogP contribution < -0.4 is 10.1 Å². The van der Waals surface area contributed by atoms with Gasteiger partial charge >= 0.3 is 0 Å². The van der Waals surface area contributed by atoms with Crippen molar-refractivity contribution in [2.24, 2.45) is 7.05 Å². The standard InChI is InChI=1S/C32H39N11O/c1-4-42-23(20-40-12-14-41(15-13-40)22-5-6-22)7-8-26(42)30-24-18-34-29-17-27(24)43(38-30)21(2)10-16-44-32-25(19-35-39(32)3)31-33-11-9-28(36-29)37-31/h7-9,11,17-19,21-22H,4-6,10,12-16,20H2,1-3H3,(H,33,34,36,37)/t21-/m0/s1. The molecule has 2 aliphatic heterocycles. The molecule has 0 aromatic carbocycles. The highest BCUT2D eigenvalue weighted by molar-refractivity contribution is 5.93. The number of nitrogens with one attached hydrogen (secondary N) is 1. The number of ether oxygens (including phenoxy) is 1. The fourth-order valence-electron chi connectivity index (χ4n) is 6.70. The van der Waals surface area contributed by atoms with E-state index < -0.39 is 0 Å². The van der Waals surface area contributed by atoms with Crippen molar-refractivity contribution in [2.75, 3.05) is 38.1 Å². The number of aryl methyl sites for hydroxylation is 1. The number of rotatable bonds is 5. The van der Waals surface area contributed by atoms with Gasteiger partial charge in [0.25, 0.3) is 0 Å². The Kier molecular flexibility index (Phi) is 6.82. The summed E-state index contributed by atoms with van der Waals surface area (Å²) in [5, 5.41) is 14.1. The van der Waals surface area contributed by atoms with Crippen molar-refractivity contribution in [1.29, 1.82) is 0 Å². The molecule has 44 heavy (non-hydrogen) atoms. The van der Waals surface area contributed by atoms with Crippen LogP contribution in [0.3, 0.4) is 0 Å². The molecule has 1 aliphatic carbocycles. The normalized spacial score (nSPS) is 19.5. The van der Waals surface area contributed by atoms with E-state index in [1.54, 1.807) is 17.1 Å². The van der Waals surface area contributed by atoms with Gasteiger partial charge in [-0.25, -0.2) is 19.6 Å². The molecule has 1 saturated carbocycles. The van der Waals surface area contributed by atoms with Gasteiger partial charge in [-0.05, 0) is 44.9 Å². The maximum absolute atomic E-state index is 6.28. The van der Waals surface area contributed by atoms with Crippen LogP contribution in [0.1, 0.15) is 44.8 Å². The average Bonchev–Trinajstić information content (AvgIpc) is 3.57. The molecule has 0 spiro atoms. The van der Waals surface area contributed by atoms with Crippen molar-refractivity contribution < 1.29 is 4.74 Å². The Labute approximate surface area is 256 Å². The highest BCUT2D eigenvalue weighted by Crippen LogP contribution is 2.35. The number of aromatic nitrogens is 8. The first kappa shape index (κ1) is 27.3. The molecule has 0 radical (unpaired) electrons. The molecule has 5 aromatic rings. The van der Waals surface area contributed by atoms with Gasteiger partial charge in [0.1, 0.15) is 22.9 Å². The lowest BCUT2D eigenvalue weighted by atomic mass is 10.2. The summed E-state index contributed by atoms with van der Waals surface area (Å²) < 4.78 is 12.6. The Hall–Kier alpha value is -4.29. The molecule has 0 amide bonds. The lowest BCUT2D eigenvalue weighted by Crippen LogP contribution is -2.46. The van der Waals surface area contributed by atoms with Crippen molar-refractivity contribution in [2.45, 2.75) is 58.3 Å². The van der Waals surface area contributed by atoms with Crippen LogP contribution in [-0.4, -0.2) is 87.7 Å². The van der Waals surface area contributed by atoms with Crippen LogP contribution in [0.15, 0.2) is 42.9 Å². The van der Waals surface area contributed by atoms with Gasteiger partial charge in [0.2, 0.25) is 5.88 Å². The van der Waals surface area contributed by atoms with Gasteiger partial charge in [-0.15, -0.1) is 0 Å². The topological polar surface area (TPSA) is 107 Å². The molecule has 2 fully saturated rings. The third-order valence-electron chi connectivity index (χ3n) is 9.31. The predicted molar refractivity (Wildman–Crippen MR) is 169 cm³/mol. The second-order valence-corrected chi connectivity index (χ2v) is 12.2. The van der Waals surface area contributed by atoms with Crippen LogP contribution in [0, 0.1) is 0 Å². The van der Waals surface area contributed by atoms with Crippen LogP contribution in [0.5, 0.6) is 5.88 Å². The molecule has 228 valence electrons. The van der Waals surface area contributed by atoms with Crippen LogP contribution >= 0.6 is 0 Å². The first-order valence-corrected chi connectivity index (χ1v) is 15.8. The zero-order chi connectivity index (χ0) is 29.8. The van der Waals surface area contributed by atoms with Crippen molar-refractivity contribution in [1.82, 2.24) is 48.9 Å². The van der Waals surface area contributed by atoms with E-state index >= 15 is 0 Å². The maximum Gasteiger partial charge on any atom is 0.222 e. The Morgan fingerprint density at radius 3 is 2.68 bits per heavy atom. The number of nitrogens with zero attached hydrogens (tertiary/aromatic N) is 10. The molecule has 0 unspecified atom stereocenters. The largest absolute Gasteiger partial charge is 0.477 e. The average molecular weight is 594 g/mol. The van der Waals surface area contributed by atoms with Crippen LogP contribution in [0.4, 0.5) is 11.6 Å². The van der Waals surface area contributed by atoms with Crippen molar-refractivity contribution in [3.8, 4) is 28.7 Å². The predicted octanol–water partition coefficient (Wildman–Crippen LogP) is 4.48. The van der Waals surface area contributed by atoms with Crippen molar-refractivity contribution in [3.05, 3.63) is 48.5 Å². The molecule has 12 heteroatoms. The molecular formula is C32H39N11O. The number of hydrogen-bond donors (Lipinski definition) is 1. The van der Waals surface area contributed by atoms with Gasteiger partial charge in [-0.3, -0.25) is 14.5 Å². The summed E-state index contributed by atoms with van der Waals surface area (Å²) >= 11 is 0. The van der Waals surface area contributed by atoms with Crippen molar-refractivity contribution in [3.63, 3.8) is 0 Å². The quantitative estimate of drug-likeness (QED) is 0.316. The minimum absolute atomic E-state index is 0.0856. The van der Waals surface area contributed by atoms with Gasteiger partial charge in [0.05, 0.1) is 30.1 Å². The van der Waals surface area contributed by atoms with Gasteiger partial charge < -0.3 is 14.6 Å². The Balaban J connectivity index is 1.14. The molecule has 1 saturated heterocycles. The zero-order valence-electron chi connectivity index (χ0n) is 25.6. The summed E-state index contributed by atoms with van der Waals surface area (Å²) in [6, 6.07) is 9.37. The number of piperazine rings is 1. The highest BCUT2D eigenvalue weighted by Gasteiger charge is 2.31. The van der Waals surface area contributed by atoms with E-state index in [0.29, 0.717) is 29.9 Å². The van der Waals surface area contributed by atoms with E-state index in [2.05, 4.69) is 66.5 Å². The minimum Gasteiger partial charge on any atom is -0.477 e. The molecular weight excluding hydrogens is 554 g/mol. The molecule has 3 aliphatic rings. The Morgan fingerprint density at radius 2 is 1.86 bits per heavy atom. The lowest BCUT2D eigenvalue weighted by molar-refractivity contribution is 0.119. The number of fused-ring (bicyclic) bond motifs is 5. The summed E-state index contributed by atoms with van der Waals surface area (Å²) in [7, 11) is 1.87. The summed E-state index contributed by atoms with van der Waals surface area (Å²) in [6.07, 6.45) is 8.95. The number of hydrogen-bond acceptors (Lipinski definition) is 9. The third kappa shape index (κ3) is 4.91. The summed E-state index contributed by atoms with van der Waals surface area (Å²) in [4.78, 5) is 19.3. The van der Waals surface area contributed by atoms with E-state index in [0.717, 1.165) is 66.5 Å². The summed E-state index contributed by atoms with van der Waals surface area (Å²) in [6.45, 7) is 11.4. The maximum atomic E-state index is 6.28. The van der Waals surface area contributed by atoms with E-state index in [9.17, 15) is 0 Å². The van der Waals surface area contributed by atoms with E-state index in [1.807, 2.05) is 19.3 Å². The monoisotopic (exact) mass is 593 g/mol. The zero-order valence-corrected chi connectivity index (χ0v) is 25.6. The minimum atomic E-state index is 0.0856. The second kappa shape index (κ2) is 11.0. The molecule has 8 rings (SSSR count). The Bertz CT molecular complexity index is 1810. The number of pyridine rings is 1. The van der Waals surface area contributed by atoms with E-state index in [-0.39, 0.29) is 6.04 Å². The molecule has 7 heterocycles. The molecule has 1 N–H and O–H groups in total. The Morgan fingerprint density at radius 1 is 1.00 bits per heavy atom. The van der Waals surface area contributed by atoms with Crippen LogP contribution in [-0.2, 0) is 20.1 Å². The van der Waals surface area contributed by atoms with Gasteiger partial charge in [-0.1, -0.05) is 0 Å². The molecule has 5 aromatic heterocycles. The summed E-state index contributed by atoms with van der Waals surface area (Å²) in [5.74, 6) is 2.56. The highest BCUT2D eigenvalue weighted by atomic mass is 16.5. The fraction of sp³-hybridized carbons (Fsp3) is 0.469. The molecule has 4 bridgehead atoms. The summed E-state index contributed by atoms with van der Waals surface area (Å²) in [5.41, 5.74) is 5.21. The van der Waals surface area contributed by atoms with E-state index in [1.165, 1.54) is 31.6 Å². The van der Waals surface area contributed by atoms with Crippen LogP contribution in [0.25, 0.3) is 33.7 Å². The SMILES string of the molecule is CCn1c(CN2CCN(C3CC3)CC2)ccc1-c1nn2c3cc(ncc13)Nc1ccnc(n1)-c1cnn(C)c1OCC[C@@H]2C. The van der Waals surface area contributed by atoms with Gasteiger partial charge in [0, 0.05) is 88.3 Å². The van der Waals surface area contributed by atoms with Crippen molar-refractivity contribution >= 4 is 22.5 Å². The van der Waals surface area contributed by atoms with E-state index in [4.69, 9.17) is 19.8 Å². The third-order valence-corrected chi connectivity index (χ3v) is 9.31. The lowest BCUT2D eigenvalue weighted by Gasteiger charge is -2.35. The fourth-order valence-corrected chi connectivity index (χ4v) is 6.70. The van der Waals surface area contributed by atoms with Gasteiger partial charge in [-0.2, -0.15) is 10.2 Å².